The van der Waals surface area contributed by atoms with Crippen molar-refractivity contribution in [1.29, 1.82) is 0 Å². The predicted octanol–water partition coefficient (Wildman–Crippen LogP) is 0.839. The molecular weight excluding hydrogens is 495 g/mol. The molecule has 1 aromatic heterocycles. The van der Waals surface area contributed by atoms with Crippen molar-refractivity contribution in [1.82, 2.24) is 9.55 Å². The lowest BCUT2D eigenvalue weighted by molar-refractivity contribution is -0.169. The summed E-state index contributed by atoms with van der Waals surface area (Å²) in [5.41, 5.74) is -4.14. The van der Waals surface area contributed by atoms with Crippen LogP contribution in [0.5, 0.6) is 11.5 Å². The van der Waals surface area contributed by atoms with Crippen molar-refractivity contribution in [3.63, 3.8) is 0 Å². The lowest BCUT2D eigenvalue weighted by atomic mass is 9.98. The third-order valence-electron chi connectivity index (χ3n) is 5.21. The highest BCUT2D eigenvalue weighted by molar-refractivity contribution is 7.34. The van der Waals surface area contributed by atoms with Crippen LogP contribution in [0, 0.1) is 5.82 Å². The van der Waals surface area contributed by atoms with E-state index in [0.717, 1.165) is 42.0 Å². The number of hydrogen-bond donors (Lipinski definition) is 3. The van der Waals surface area contributed by atoms with Gasteiger partial charge in [-0.05, 0) is 25.5 Å². The molecule has 2 aromatic rings. The molecule has 0 spiro atoms. The maximum Gasteiger partial charge on any atom is 0.395 e. The number of aliphatic carboxylic acids is 1. The molecule has 1 aromatic carbocycles. The molecule has 35 heavy (non-hydrogen) atoms. The van der Waals surface area contributed by atoms with Gasteiger partial charge < -0.3 is 24.6 Å². The van der Waals surface area contributed by atoms with Gasteiger partial charge in [-0.15, -0.1) is 0 Å². The number of benzene rings is 1. The lowest BCUT2D eigenvalue weighted by Gasteiger charge is -2.24. The van der Waals surface area contributed by atoms with Crippen molar-refractivity contribution in [2.24, 2.45) is 4.74 Å². The Morgan fingerprint density at radius 3 is 2.74 bits per heavy atom. The first-order chi connectivity index (χ1) is 16.4. The average molecular weight is 517 g/mol. The summed E-state index contributed by atoms with van der Waals surface area (Å²) in [6.07, 6.45) is -3.69. The van der Waals surface area contributed by atoms with E-state index in [4.69, 9.17) is 19.1 Å². The summed E-state index contributed by atoms with van der Waals surface area (Å²) >= 11 is 0. The molecule has 1 aliphatic rings. The Kier molecular flexibility index (Phi) is 8.00. The second-order valence-electron chi connectivity index (χ2n) is 7.75. The molecule has 2 heterocycles. The van der Waals surface area contributed by atoms with Gasteiger partial charge in [0.2, 0.25) is 5.75 Å². The number of rotatable bonds is 9. The average Bonchev–Trinajstić information content (AvgIpc) is 3.00. The highest BCUT2D eigenvalue weighted by atomic mass is 31.1. The van der Waals surface area contributed by atoms with Crippen LogP contribution in [0.1, 0.15) is 26.5 Å². The van der Waals surface area contributed by atoms with Gasteiger partial charge >= 0.3 is 19.8 Å². The topological polar surface area (TPSA) is 175 Å². The van der Waals surface area contributed by atoms with Crippen molar-refractivity contribution < 1.29 is 42.7 Å². The summed E-state index contributed by atoms with van der Waals surface area (Å²) in [6.45, 7) is 1.98. The number of carbonyl (C=O) groups is 1. The monoisotopic (exact) mass is 517 g/mol. The first-order valence-corrected chi connectivity index (χ1v) is 11.4. The summed E-state index contributed by atoms with van der Waals surface area (Å²) in [6, 6.07) is 2.61. The van der Waals surface area contributed by atoms with Crippen LogP contribution in [0.4, 0.5) is 8.78 Å². The highest BCUT2D eigenvalue weighted by Crippen LogP contribution is 2.41. The molecule has 0 saturated carbocycles. The van der Waals surface area contributed by atoms with Crippen LogP contribution in [0.3, 0.4) is 0 Å². The van der Waals surface area contributed by atoms with Crippen molar-refractivity contribution in [2.75, 3.05) is 6.61 Å². The number of hydrogen-bond acceptors (Lipinski definition) is 9. The van der Waals surface area contributed by atoms with Gasteiger partial charge in [0, 0.05) is 18.3 Å². The van der Waals surface area contributed by atoms with Gasteiger partial charge in [-0.2, -0.15) is 0 Å². The number of alkyl halides is 1. The van der Waals surface area contributed by atoms with E-state index in [9.17, 15) is 28.8 Å². The minimum absolute atomic E-state index is 0.0605. The fraction of sp³-hybridized carbons (Fsp3) is 0.450. The molecule has 1 unspecified atom stereocenters. The quantitative estimate of drug-likeness (QED) is 0.407. The number of aromatic amines is 1. The predicted molar refractivity (Wildman–Crippen MR) is 114 cm³/mol. The summed E-state index contributed by atoms with van der Waals surface area (Å²) in [4.78, 5) is 48.5. The zero-order chi connectivity index (χ0) is 25.9. The molecule has 6 atom stereocenters. The van der Waals surface area contributed by atoms with E-state index in [1.54, 1.807) is 0 Å². The molecular formula is C20H22F2N3O9P. The number of aliphatic hydroxyl groups excluding tert-OH is 1. The molecule has 1 saturated heterocycles. The molecule has 190 valence electrons. The number of H-pyrrole nitrogens is 1. The van der Waals surface area contributed by atoms with Crippen molar-refractivity contribution in [3.8, 4) is 11.5 Å². The SMILES string of the molecule is CC[C@H](N=[P+]([O-])Oc1ccc(F)cc1OC[C@H]1O[C@@H](n2ccc(=O)[nH]c2=O)[C@](C)(F)[C@@H]1O)C(=O)O. The van der Waals surface area contributed by atoms with E-state index in [0.29, 0.717) is 0 Å². The van der Waals surface area contributed by atoms with Crippen LogP contribution in [-0.4, -0.2) is 56.3 Å². The minimum atomic E-state index is -2.87. The fourth-order valence-corrected chi connectivity index (χ4v) is 4.19. The van der Waals surface area contributed by atoms with E-state index >= 15 is 4.39 Å². The molecule has 3 N–H and O–H groups in total. The summed E-state index contributed by atoms with van der Waals surface area (Å²) < 4.78 is 49.4. The van der Waals surface area contributed by atoms with E-state index in [1.165, 1.54) is 6.92 Å². The number of carboxylic acid groups (broad SMARTS) is 1. The van der Waals surface area contributed by atoms with Crippen LogP contribution in [-0.2, 0) is 9.53 Å². The first-order valence-electron chi connectivity index (χ1n) is 10.3. The molecule has 1 aliphatic heterocycles. The molecule has 1 fully saturated rings. The Morgan fingerprint density at radius 2 is 2.11 bits per heavy atom. The van der Waals surface area contributed by atoms with E-state index in [-0.39, 0.29) is 17.9 Å². The molecule has 3 rings (SSSR count). The van der Waals surface area contributed by atoms with Gasteiger partial charge in [0.25, 0.3) is 5.56 Å². The largest absolute Gasteiger partial charge is 0.575 e. The molecule has 0 radical (unpaired) electrons. The Balaban J connectivity index is 1.78. The number of aromatic nitrogens is 2. The highest BCUT2D eigenvalue weighted by Gasteiger charge is 2.55. The number of ether oxygens (including phenoxy) is 2. The smallest absolute Gasteiger partial charge is 0.395 e. The van der Waals surface area contributed by atoms with Gasteiger partial charge in [0.05, 0.1) is 0 Å². The fourth-order valence-electron chi connectivity index (χ4n) is 3.33. The lowest BCUT2D eigenvalue weighted by Crippen LogP contribution is -2.43. The number of carboxylic acids is 1. The van der Waals surface area contributed by atoms with Crippen LogP contribution in [0.2, 0.25) is 0 Å². The molecule has 0 aliphatic carbocycles. The van der Waals surface area contributed by atoms with E-state index in [1.807, 2.05) is 4.98 Å². The Morgan fingerprint density at radius 1 is 1.40 bits per heavy atom. The summed E-state index contributed by atoms with van der Waals surface area (Å²) in [7, 11) is -2.87. The zero-order valence-corrected chi connectivity index (χ0v) is 19.4. The number of nitrogens with zero attached hydrogens (tertiary/aromatic N) is 2. The summed E-state index contributed by atoms with van der Waals surface area (Å²) in [5.74, 6) is -2.61. The third kappa shape index (κ3) is 5.90. The molecule has 12 nitrogen and oxygen atoms in total. The van der Waals surface area contributed by atoms with Gasteiger partial charge in [-0.25, -0.2) is 18.4 Å². The van der Waals surface area contributed by atoms with Crippen molar-refractivity contribution in [3.05, 3.63) is 57.1 Å². The normalized spacial score (nSPS) is 25.3. The maximum absolute atomic E-state index is 15.3. The zero-order valence-electron chi connectivity index (χ0n) is 18.5. The number of halogens is 2. The third-order valence-corrected chi connectivity index (χ3v) is 6.03. The van der Waals surface area contributed by atoms with Crippen molar-refractivity contribution >= 4 is 14.1 Å². The number of aliphatic hydroxyl groups is 1. The second kappa shape index (κ2) is 10.6. The molecule has 0 bridgehead atoms. The molecule has 0 amide bonds. The van der Waals surface area contributed by atoms with Crippen LogP contribution >= 0.6 is 8.17 Å². The Bertz CT molecular complexity index is 1230. The van der Waals surface area contributed by atoms with Crippen LogP contribution in [0.25, 0.3) is 0 Å². The summed E-state index contributed by atoms with van der Waals surface area (Å²) in [5, 5.41) is 19.5. The van der Waals surface area contributed by atoms with E-state index in [2.05, 4.69) is 4.74 Å². The molecule has 15 heteroatoms. The van der Waals surface area contributed by atoms with Gasteiger partial charge in [-0.3, -0.25) is 18.9 Å². The standard InChI is InChI=1S/C20H22F2N3O9P/c1-3-11(17(28)29)24-35(31)34-12-5-4-10(21)8-13(12)32-9-14-16(27)20(2,22)18(33-14)25-7-6-15(26)23-19(25)30/h4-8,11,14,16,18,27H,3,9H2,1-2H3,(H,28,29)(H,23,26,30)/t11-,14+,16+,18+,20+/m0/s1. The minimum Gasteiger partial charge on any atom is -0.575 e. The van der Waals surface area contributed by atoms with Crippen LogP contribution in [0.15, 0.2) is 44.8 Å². The van der Waals surface area contributed by atoms with E-state index < -0.39 is 68.0 Å². The first kappa shape index (κ1) is 26.4. The van der Waals surface area contributed by atoms with Gasteiger partial charge in [0.15, 0.2) is 23.7 Å². The maximum atomic E-state index is 15.3. The second-order valence-corrected chi connectivity index (χ2v) is 8.64. The van der Waals surface area contributed by atoms with Gasteiger partial charge in [-0.1, -0.05) is 11.7 Å². The number of nitrogens with one attached hydrogen (secondary N) is 1. The van der Waals surface area contributed by atoms with Crippen LogP contribution < -0.4 is 25.4 Å². The Labute approximate surface area is 197 Å². The Hall–Kier alpha value is -3.19. The van der Waals surface area contributed by atoms with Gasteiger partial charge in [0.1, 0.15) is 24.6 Å². The van der Waals surface area contributed by atoms with Crippen molar-refractivity contribution in [2.45, 2.75) is 50.4 Å².